The van der Waals surface area contributed by atoms with Gasteiger partial charge >= 0.3 is 0 Å². The maximum atomic E-state index is 14.0. The molecular formula is C40H42N10O2S2. The van der Waals surface area contributed by atoms with Crippen LogP contribution in [0.3, 0.4) is 0 Å². The number of nitrogens with zero attached hydrogens (tertiary/aromatic N) is 8. The molecule has 4 heterocycles. The average Bonchev–Trinajstić information content (AvgIpc) is 3.95. The second-order valence-corrected chi connectivity index (χ2v) is 16.5. The predicted octanol–water partition coefficient (Wildman–Crippen LogP) is 8.25. The lowest BCUT2D eigenvalue weighted by atomic mass is 10.1. The van der Waals surface area contributed by atoms with Gasteiger partial charge in [0.15, 0.2) is 22.0 Å². The van der Waals surface area contributed by atoms with Crippen LogP contribution in [0.25, 0.3) is 34.0 Å². The number of anilines is 2. The molecule has 0 saturated heterocycles. The molecule has 54 heavy (non-hydrogen) atoms. The molecule has 1 saturated carbocycles. The van der Waals surface area contributed by atoms with Gasteiger partial charge in [0, 0.05) is 59.7 Å². The number of hydrogen-bond donors (Lipinski definition) is 2. The van der Waals surface area contributed by atoms with Gasteiger partial charge in [-0.2, -0.15) is 0 Å². The van der Waals surface area contributed by atoms with Crippen molar-refractivity contribution >= 4 is 46.7 Å². The zero-order chi connectivity index (χ0) is 37.7. The molecule has 1 fully saturated rings. The highest BCUT2D eigenvalue weighted by atomic mass is 32.2. The second-order valence-electron chi connectivity index (χ2n) is 13.5. The van der Waals surface area contributed by atoms with E-state index in [0.29, 0.717) is 29.8 Å². The molecule has 1 aliphatic carbocycles. The first kappa shape index (κ1) is 37.0. The molecule has 2 amide bonds. The largest absolute Gasteiger partial charge is 0.325 e. The summed E-state index contributed by atoms with van der Waals surface area (Å²) < 4.78 is 2.64. The first-order valence-electron chi connectivity index (χ1n) is 18.1. The van der Waals surface area contributed by atoms with E-state index in [0.717, 1.165) is 64.7 Å². The third kappa shape index (κ3) is 7.80. The number of amides is 2. The quantitative estimate of drug-likeness (QED) is 0.110. The summed E-state index contributed by atoms with van der Waals surface area (Å²) in [5.74, 6) is 1.32. The van der Waals surface area contributed by atoms with E-state index >= 15 is 0 Å². The van der Waals surface area contributed by atoms with E-state index < -0.39 is 9.49 Å². The SMILES string of the molecule is CCn1c(SC(C)(C)C(=O)Nc2ccccc2)nnc1-c1ccnc(-c2ccc(NC(=O)C3(Sc4nnc(-c5ccncc5)n4CC)CCCC3)cc2)c1. The topological polar surface area (TPSA) is 145 Å². The maximum Gasteiger partial charge on any atom is 0.241 e. The Morgan fingerprint density at radius 2 is 1.33 bits per heavy atom. The van der Waals surface area contributed by atoms with Crippen LogP contribution in [0.4, 0.5) is 11.4 Å². The van der Waals surface area contributed by atoms with Crippen LogP contribution in [0.1, 0.15) is 53.4 Å². The molecule has 12 nitrogen and oxygen atoms in total. The molecule has 0 spiro atoms. The Balaban J connectivity index is 1.05. The molecule has 0 aliphatic heterocycles. The monoisotopic (exact) mass is 758 g/mol. The van der Waals surface area contributed by atoms with Crippen LogP contribution < -0.4 is 10.6 Å². The van der Waals surface area contributed by atoms with Crippen LogP contribution in [-0.2, 0) is 22.7 Å². The van der Waals surface area contributed by atoms with Crippen molar-refractivity contribution in [3.63, 3.8) is 0 Å². The molecule has 4 aromatic heterocycles. The molecule has 14 heteroatoms. The Labute approximate surface area is 323 Å². The van der Waals surface area contributed by atoms with Crippen molar-refractivity contribution in [2.24, 2.45) is 0 Å². The van der Waals surface area contributed by atoms with E-state index in [1.54, 1.807) is 18.6 Å². The summed E-state index contributed by atoms with van der Waals surface area (Å²) in [6.45, 7) is 9.17. The van der Waals surface area contributed by atoms with Crippen LogP contribution in [0.15, 0.2) is 108 Å². The number of thioether (sulfide) groups is 2. The van der Waals surface area contributed by atoms with Gasteiger partial charge in [-0.25, -0.2) is 0 Å². The molecule has 0 atom stereocenters. The van der Waals surface area contributed by atoms with Gasteiger partial charge in [-0.05, 0) is 89.1 Å². The lowest BCUT2D eigenvalue weighted by molar-refractivity contribution is -0.118. The van der Waals surface area contributed by atoms with Crippen LogP contribution in [0.2, 0.25) is 0 Å². The third-order valence-corrected chi connectivity index (χ3v) is 12.1. The Kier molecular flexibility index (Phi) is 10.9. The summed E-state index contributed by atoms with van der Waals surface area (Å²) in [5, 5.41) is 25.6. The molecule has 2 aromatic carbocycles. The molecule has 2 N–H and O–H groups in total. The molecular weight excluding hydrogens is 717 g/mol. The highest BCUT2D eigenvalue weighted by Crippen LogP contribution is 2.46. The molecule has 0 radical (unpaired) electrons. The Morgan fingerprint density at radius 1 is 0.722 bits per heavy atom. The maximum absolute atomic E-state index is 14.0. The van der Waals surface area contributed by atoms with Crippen LogP contribution in [0.5, 0.6) is 0 Å². The number of aromatic nitrogens is 8. The fraction of sp³-hybridized carbons (Fsp3) is 0.300. The van der Waals surface area contributed by atoms with Crippen molar-refractivity contribution in [3.8, 4) is 34.0 Å². The minimum Gasteiger partial charge on any atom is -0.325 e. The molecule has 276 valence electrons. The Hall–Kier alpha value is -5.34. The van der Waals surface area contributed by atoms with Crippen molar-refractivity contribution in [1.82, 2.24) is 39.5 Å². The fourth-order valence-electron chi connectivity index (χ4n) is 6.50. The van der Waals surface area contributed by atoms with E-state index in [4.69, 9.17) is 0 Å². The normalized spacial score (nSPS) is 13.9. The standard InChI is InChI=1S/C40H42N10O2S2/c1-5-49-33(28-18-23-41-24-19-28)45-48-38(49)54-40(21-10-11-22-40)36(52)44-31-16-14-27(15-17-31)32-26-29(20-25-42-32)34-46-47-37(50(34)6-2)53-39(3,4)35(51)43-30-12-8-7-9-13-30/h7-9,12-20,23-26H,5-6,10-11,21-22H2,1-4H3,(H,43,51)(H,44,52). The van der Waals surface area contributed by atoms with Gasteiger partial charge in [0.05, 0.1) is 10.4 Å². The van der Waals surface area contributed by atoms with Crippen LogP contribution in [-0.4, -0.2) is 60.8 Å². The van der Waals surface area contributed by atoms with E-state index in [-0.39, 0.29) is 11.8 Å². The van der Waals surface area contributed by atoms with Gasteiger partial charge in [0.2, 0.25) is 11.8 Å². The van der Waals surface area contributed by atoms with Gasteiger partial charge < -0.3 is 19.8 Å². The zero-order valence-electron chi connectivity index (χ0n) is 30.7. The third-order valence-electron chi connectivity index (χ3n) is 9.50. The number of pyridine rings is 2. The van der Waals surface area contributed by atoms with Crippen molar-refractivity contribution in [2.75, 3.05) is 10.6 Å². The smallest absolute Gasteiger partial charge is 0.241 e. The first-order chi connectivity index (χ1) is 26.2. The van der Waals surface area contributed by atoms with Gasteiger partial charge in [0.25, 0.3) is 0 Å². The van der Waals surface area contributed by atoms with Crippen molar-refractivity contribution < 1.29 is 9.59 Å². The highest BCUT2D eigenvalue weighted by Gasteiger charge is 2.44. The van der Waals surface area contributed by atoms with E-state index in [1.165, 1.54) is 23.5 Å². The molecule has 6 aromatic rings. The molecule has 7 rings (SSSR count). The number of rotatable bonds is 13. The number of nitrogens with one attached hydrogen (secondary N) is 2. The summed E-state index contributed by atoms with van der Waals surface area (Å²) in [6, 6.07) is 24.9. The van der Waals surface area contributed by atoms with E-state index in [2.05, 4.69) is 52.5 Å². The predicted molar refractivity (Wildman–Crippen MR) is 214 cm³/mol. The lowest BCUT2D eigenvalue weighted by Crippen LogP contribution is -2.37. The van der Waals surface area contributed by atoms with Crippen LogP contribution >= 0.6 is 23.5 Å². The number of benzene rings is 2. The minimum atomic E-state index is -0.803. The lowest BCUT2D eigenvalue weighted by Gasteiger charge is -2.26. The average molecular weight is 759 g/mol. The summed E-state index contributed by atoms with van der Waals surface area (Å²) in [7, 11) is 0. The molecule has 0 bridgehead atoms. The molecule has 1 aliphatic rings. The highest BCUT2D eigenvalue weighted by molar-refractivity contribution is 8.01. The summed E-state index contributed by atoms with van der Waals surface area (Å²) >= 11 is 2.89. The molecule has 0 unspecified atom stereocenters. The Bertz CT molecular complexity index is 2230. The van der Waals surface area contributed by atoms with Gasteiger partial charge in [-0.3, -0.25) is 19.6 Å². The number of carbonyl (C=O) groups is 2. The number of carbonyl (C=O) groups excluding carboxylic acids is 2. The summed E-state index contributed by atoms with van der Waals surface area (Å²) in [4.78, 5) is 36.0. The first-order valence-corrected chi connectivity index (χ1v) is 19.7. The van der Waals surface area contributed by atoms with E-state index in [9.17, 15) is 9.59 Å². The van der Waals surface area contributed by atoms with Gasteiger partial charge in [0.1, 0.15) is 4.75 Å². The van der Waals surface area contributed by atoms with Crippen molar-refractivity contribution in [2.45, 2.75) is 86.3 Å². The summed E-state index contributed by atoms with van der Waals surface area (Å²) in [5.41, 5.74) is 4.92. The minimum absolute atomic E-state index is 0.0257. The van der Waals surface area contributed by atoms with Gasteiger partial charge in [-0.1, -0.05) is 66.7 Å². The van der Waals surface area contributed by atoms with Crippen molar-refractivity contribution in [1.29, 1.82) is 0 Å². The number of para-hydroxylation sites is 1. The second kappa shape index (κ2) is 15.9. The number of hydrogen-bond acceptors (Lipinski definition) is 10. The van der Waals surface area contributed by atoms with Gasteiger partial charge in [-0.15, -0.1) is 20.4 Å². The van der Waals surface area contributed by atoms with Crippen LogP contribution in [0, 0.1) is 0 Å². The van der Waals surface area contributed by atoms with Crippen molar-refractivity contribution in [3.05, 3.63) is 97.5 Å². The van der Waals surface area contributed by atoms with E-state index in [1.807, 2.05) is 104 Å². The summed E-state index contributed by atoms with van der Waals surface area (Å²) in [6.07, 6.45) is 8.73. The Morgan fingerprint density at radius 3 is 2.02 bits per heavy atom. The fourth-order valence-corrected chi connectivity index (χ4v) is 8.90. The zero-order valence-corrected chi connectivity index (χ0v) is 32.3.